The highest BCUT2D eigenvalue weighted by Crippen LogP contribution is 2.21. The molecule has 0 spiro atoms. The first-order valence-corrected chi connectivity index (χ1v) is 9.79. The van der Waals surface area contributed by atoms with Crippen LogP contribution in [-0.4, -0.2) is 30.2 Å². The predicted molar refractivity (Wildman–Crippen MR) is 112 cm³/mol. The molecule has 0 atom stereocenters. The summed E-state index contributed by atoms with van der Waals surface area (Å²) in [4.78, 5) is 35.2. The summed E-state index contributed by atoms with van der Waals surface area (Å²) in [7, 11) is 0. The summed E-state index contributed by atoms with van der Waals surface area (Å²) >= 11 is 6.20. The van der Waals surface area contributed by atoms with Gasteiger partial charge >= 0.3 is 5.97 Å². The minimum atomic E-state index is -0.628. The Morgan fingerprint density at radius 1 is 1.13 bits per heavy atom. The molecule has 0 aromatic heterocycles. The van der Waals surface area contributed by atoms with Crippen molar-refractivity contribution >= 4 is 35.1 Å². The molecule has 8 nitrogen and oxygen atoms in total. The van der Waals surface area contributed by atoms with Crippen molar-refractivity contribution in [2.24, 2.45) is 5.10 Å². The third kappa shape index (κ3) is 6.13. The van der Waals surface area contributed by atoms with Gasteiger partial charge in [0.25, 0.3) is 0 Å². The molecule has 156 valence electrons. The average Bonchev–Trinajstić information content (AvgIpc) is 2.76. The van der Waals surface area contributed by atoms with Gasteiger partial charge in [0.15, 0.2) is 6.73 Å². The van der Waals surface area contributed by atoms with Crippen molar-refractivity contribution in [2.45, 2.75) is 25.7 Å². The van der Waals surface area contributed by atoms with Gasteiger partial charge in [-0.15, -0.1) is 0 Å². The zero-order valence-corrected chi connectivity index (χ0v) is 16.9. The smallest absolute Gasteiger partial charge is 0.341 e. The van der Waals surface area contributed by atoms with Crippen LogP contribution >= 0.6 is 11.6 Å². The fraction of sp³-hybridized carbons (Fsp3) is 0.238. The fourth-order valence-corrected chi connectivity index (χ4v) is 3.08. The number of amides is 2. The lowest BCUT2D eigenvalue weighted by atomic mass is 10.0. The van der Waals surface area contributed by atoms with Gasteiger partial charge in [0.05, 0.1) is 16.3 Å². The summed E-state index contributed by atoms with van der Waals surface area (Å²) in [5.41, 5.74) is 10.1. The Labute approximate surface area is 178 Å². The van der Waals surface area contributed by atoms with E-state index in [1.807, 2.05) is 30.3 Å². The van der Waals surface area contributed by atoms with Gasteiger partial charge in [-0.2, -0.15) is 10.5 Å². The minimum Gasteiger partial charge on any atom is -0.444 e. The van der Waals surface area contributed by atoms with Gasteiger partial charge in [0, 0.05) is 19.3 Å². The van der Waals surface area contributed by atoms with Crippen molar-refractivity contribution in [3.8, 4) is 0 Å². The molecule has 3 N–H and O–H groups in total. The fourth-order valence-electron chi connectivity index (χ4n) is 2.82. The van der Waals surface area contributed by atoms with Gasteiger partial charge in [0.2, 0.25) is 11.8 Å². The van der Waals surface area contributed by atoms with Crippen molar-refractivity contribution in [1.82, 2.24) is 16.3 Å². The molecular formula is C21H21ClN4O4. The molecule has 0 saturated heterocycles. The number of nitrogens with one attached hydrogen (secondary N) is 3. The molecule has 2 aromatic rings. The maximum atomic E-state index is 12.2. The predicted octanol–water partition coefficient (Wildman–Crippen LogP) is 2.32. The summed E-state index contributed by atoms with van der Waals surface area (Å²) in [6, 6.07) is 14.5. The van der Waals surface area contributed by atoms with E-state index in [0.29, 0.717) is 31.4 Å². The number of hydrogen-bond acceptors (Lipinski definition) is 6. The van der Waals surface area contributed by atoms with Crippen LogP contribution in [0, 0.1) is 0 Å². The second-order valence-electron chi connectivity index (χ2n) is 6.57. The van der Waals surface area contributed by atoms with E-state index in [1.54, 1.807) is 12.1 Å². The van der Waals surface area contributed by atoms with Gasteiger partial charge in [-0.3, -0.25) is 15.0 Å². The van der Waals surface area contributed by atoms with Crippen LogP contribution in [0.4, 0.5) is 0 Å². The lowest BCUT2D eigenvalue weighted by Gasteiger charge is -2.13. The van der Waals surface area contributed by atoms with Gasteiger partial charge in [0.1, 0.15) is 0 Å². The van der Waals surface area contributed by atoms with E-state index in [4.69, 9.17) is 16.3 Å². The Morgan fingerprint density at radius 3 is 2.63 bits per heavy atom. The Hall–Kier alpha value is -3.23. The Kier molecular flexibility index (Phi) is 7.53. The lowest BCUT2D eigenvalue weighted by Crippen LogP contribution is -2.39. The van der Waals surface area contributed by atoms with Gasteiger partial charge in [-0.05, 0) is 29.7 Å². The van der Waals surface area contributed by atoms with Crippen molar-refractivity contribution < 1.29 is 19.1 Å². The minimum absolute atomic E-state index is 0.135. The highest BCUT2D eigenvalue weighted by atomic mass is 35.5. The first-order chi connectivity index (χ1) is 14.5. The van der Waals surface area contributed by atoms with Crippen LogP contribution in [0.3, 0.4) is 0 Å². The average molecular weight is 429 g/mol. The molecule has 0 aliphatic carbocycles. The van der Waals surface area contributed by atoms with Crippen LogP contribution in [0.25, 0.3) is 0 Å². The largest absolute Gasteiger partial charge is 0.444 e. The number of ether oxygens (including phenoxy) is 1. The molecule has 3 rings (SSSR count). The number of rotatable bonds is 8. The number of halogens is 1. The van der Waals surface area contributed by atoms with E-state index in [1.165, 1.54) is 6.07 Å². The molecule has 0 bridgehead atoms. The Balaban J connectivity index is 1.42. The number of carbonyl (C=O) groups is 3. The molecule has 0 radical (unpaired) electrons. The topological polar surface area (TPSA) is 109 Å². The lowest BCUT2D eigenvalue weighted by molar-refractivity contribution is -0.122. The number of benzene rings is 2. The van der Waals surface area contributed by atoms with E-state index in [-0.39, 0.29) is 29.1 Å². The second kappa shape index (κ2) is 10.5. The Morgan fingerprint density at radius 2 is 1.93 bits per heavy atom. The number of hydrazone groups is 1. The van der Waals surface area contributed by atoms with Crippen LogP contribution in [0.15, 0.2) is 53.6 Å². The first-order valence-electron chi connectivity index (χ1n) is 9.41. The molecule has 30 heavy (non-hydrogen) atoms. The van der Waals surface area contributed by atoms with E-state index in [0.717, 1.165) is 11.1 Å². The van der Waals surface area contributed by atoms with E-state index in [9.17, 15) is 14.4 Å². The zero-order valence-electron chi connectivity index (χ0n) is 16.1. The molecule has 2 aromatic carbocycles. The van der Waals surface area contributed by atoms with Crippen LogP contribution < -0.4 is 16.3 Å². The normalized spacial score (nSPS) is 13.2. The third-order valence-electron chi connectivity index (χ3n) is 4.41. The van der Waals surface area contributed by atoms with Crippen molar-refractivity contribution in [1.29, 1.82) is 0 Å². The SMILES string of the molecule is O=C1CCC(c2ccc(C(=O)OCNNC(=O)CCc3ccccc3)c(Cl)c2)=NN1. The van der Waals surface area contributed by atoms with Gasteiger partial charge in [-0.1, -0.05) is 48.0 Å². The first kappa shape index (κ1) is 21.5. The molecule has 1 aliphatic heterocycles. The summed E-state index contributed by atoms with van der Waals surface area (Å²) in [6.07, 6.45) is 1.77. The van der Waals surface area contributed by atoms with E-state index >= 15 is 0 Å². The summed E-state index contributed by atoms with van der Waals surface area (Å²) in [5.74, 6) is -0.973. The second-order valence-corrected chi connectivity index (χ2v) is 6.98. The van der Waals surface area contributed by atoms with Crippen LogP contribution in [0.2, 0.25) is 5.02 Å². The highest BCUT2D eigenvalue weighted by Gasteiger charge is 2.17. The quantitative estimate of drug-likeness (QED) is 0.259. The molecule has 9 heteroatoms. The van der Waals surface area contributed by atoms with Crippen molar-refractivity contribution in [3.05, 3.63) is 70.2 Å². The molecule has 0 fully saturated rings. The summed E-state index contributed by atoms with van der Waals surface area (Å²) in [6.45, 7) is -0.202. The number of carbonyl (C=O) groups excluding carboxylic acids is 3. The van der Waals surface area contributed by atoms with Crippen molar-refractivity contribution in [2.75, 3.05) is 6.73 Å². The molecule has 1 heterocycles. The van der Waals surface area contributed by atoms with Crippen molar-refractivity contribution in [3.63, 3.8) is 0 Å². The maximum Gasteiger partial charge on any atom is 0.341 e. The van der Waals surface area contributed by atoms with E-state index < -0.39 is 5.97 Å². The maximum absolute atomic E-state index is 12.2. The number of esters is 1. The monoisotopic (exact) mass is 428 g/mol. The summed E-state index contributed by atoms with van der Waals surface area (Å²) in [5, 5.41) is 4.21. The summed E-state index contributed by atoms with van der Waals surface area (Å²) < 4.78 is 5.09. The van der Waals surface area contributed by atoms with Crippen LogP contribution in [0.5, 0.6) is 0 Å². The molecule has 0 saturated carbocycles. The Bertz CT molecular complexity index is 963. The van der Waals surface area contributed by atoms with Crippen LogP contribution in [-0.2, 0) is 20.7 Å². The van der Waals surface area contributed by atoms with Crippen LogP contribution in [0.1, 0.15) is 40.7 Å². The number of hydrogen-bond donors (Lipinski definition) is 3. The van der Waals surface area contributed by atoms with Gasteiger partial charge < -0.3 is 4.74 Å². The zero-order chi connectivity index (χ0) is 21.3. The number of hydrazine groups is 1. The van der Waals surface area contributed by atoms with E-state index in [2.05, 4.69) is 21.4 Å². The molecule has 1 aliphatic rings. The third-order valence-corrected chi connectivity index (χ3v) is 4.73. The highest BCUT2D eigenvalue weighted by molar-refractivity contribution is 6.34. The number of nitrogens with zero attached hydrogens (tertiary/aromatic N) is 1. The standard InChI is InChI=1S/C21H21ClN4O4/c22-17-12-15(18-9-11-20(28)26-24-18)7-8-16(17)21(29)30-13-23-25-19(27)10-6-14-4-2-1-3-5-14/h1-5,7-8,12,23H,6,9-11,13H2,(H,25,27)(H,26,28). The molecule has 2 amide bonds. The molecule has 0 unspecified atom stereocenters. The number of aryl methyl sites for hydroxylation is 1. The van der Waals surface area contributed by atoms with Gasteiger partial charge in [-0.25, -0.2) is 10.2 Å². The molecular weight excluding hydrogens is 408 g/mol.